The molecule has 0 fully saturated rings. The summed E-state index contributed by atoms with van der Waals surface area (Å²) in [5, 5.41) is 6.07. The van der Waals surface area contributed by atoms with Crippen LogP contribution in [0.15, 0.2) is 59.4 Å². The smallest absolute Gasteiger partial charge is 0.331 e. The minimum atomic E-state index is -4.69. The zero-order valence-corrected chi connectivity index (χ0v) is 17.5. The number of benzene rings is 2. The second-order valence-electron chi connectivity index (χ2n) is 7.11. The summed E-state index contributed by atoms with van der Waals surface area (Å²) >= 11 is 0. The van der Waals surface area contributed by atoms with Crippen LogP contribution in [0.1, 0.15) is 21.7 Å². The lowest BCUT2D eigenvalue weighted by atomic mass is 10.1. The van der Waals surface area contributed by atoms with Crippen LogP contribution in [-0.2, 0) is 11.0 Å². The normalized spacial score (nSPS) is 11.2. The van der Waals surface area contributed by atoms with Gasteiger partial charge in [0.2, 0.25) is 11.3 Å². The Balaban J connectivity index is 1.82. The highest BCUT2D eigenvalue weighted by Crippen LogP contribution is 2.34. The summed E-state index contributed by atoms with van der Waals surface area (Å²) in [6.07, 6.45) is -4.69. The first-order chi connectivity index (χ1) is 15.5. The van der Waals surface area contributed by atoms with E-state index in [-0.39, 0.29) is 11.4 Å². The van der Waals surface area contributed by atoms with E-state index < -0.39 is 52.7 Å². The highest BCUT2D eigenvalue weighted by molar-refractivity contribution is 5.98. The molecule has 7 nitrogen and oxygen atoms in total. The molecule has 0 saturated carbocycles. The van der Waals surface area contributed by atoms with Crippen molar-refractivity contribution < 1.29 is 27.2 Å². The highest BCUT2D eigenvalue weighted by atomic mass is 19.4. The Labute approximate surface area is 185 Å². The van der Waals surface area contributed by atoms with Gasteiger partial charge in [0, 0.05) is 18.8 Å². The van der Waals surface area contributed by atoms with Gasteiger partial charge < -0.3 is 10.2 Å². The lowest BCUT2D eigenvalue weighted by Crippen LogP contribution is -2.38. The second-order valence-corrected chi connectivity index (χ2v) is 7.11. The minimum absolute atomic E-state index is 0.00760. The Morgan fingerprint density at radius 3 is 2.39 bits per heavy atom. The number of para-hydroxylation sites is 2. The van der Waals surface area contributed by atoms with Crippen molar-refractivity contribution in [1.82, 2.24) is 14.7 Å². The van der Waals surface area contributed by atoms with Gasteiger partial charge in [-0.2, -0.15) is 18.3 Å². The first-order valence-corrected chi connectivity index (χ1v) is 9.56. The van der Waals surface area contributed by atoms with E-state index >= 15 is 0 Å². The molecule has 1 aromatic heterocycles. The van der Waals surface area contributed by atoms with E-state index in [4.69, 9.17) is 0 Å². The average Bonchev–Trinajstić information content (AvgIpc) is 2.73. The number of nitrogens with zero attached hydrogens (tertiary/aromatic N) is 3. The molecule has 0 radical (unpaired) electrons. The molecule has 0 atom stereocenters. The van der Waals surface area contributed by atoms with Gasteiger partial charge in [-0.3, -0.25) is 14.4 Å². The van der Waals surface area contributed by atoms with Gasteiger partial charge in [0.25, 0.3) is 5.91 Å². The van der Waals surface area contributed by atoms with Crippen molar-refractivity contribution in [1.29, 1.82) is 0 Å². The molecule has 2 aromatic carbocycles. The largest absolute Gasteiger partial charge is 0.418 e. The predicted octanol–water partition coefficient (Wildman–Crippen LogP) is 3.41. The summed E-state index contributed by atoms with van der Waals surface area (Å²) in [5.41, 5.74) is -2.56. The molecular weight excluding hydrogens is 444 g/mol. The molecule has 3 aromatic rings. The zero-order valence-electron chi connectivity index (χ0n) is 17.5. The van der Waals surface area contributed by atoms with Gasteiger partial charge in [-0.05, 0) is 31.2 Å². The van der Waals surface area contributed by atoms with Crippen LogP contribution in [0.25, 0.3) is 5.69 Å². The molecule has 172 valence electrons. The number of nitrogens with one attached hydrogen (secondary N) is 1. The summed E-state index contributed by atoms with van der Waals surface area (Å²) in [7, 11) is 1.19. The van der Waals surface area contributed by atoms with Crippen molar-refractivity contribution >= 4 is 17.5 Å². The third-order valence-electron chi connectivity index (χ3n) is 4.62. The molecule has 1 heterocycles. The highest BCUT2D eigenvalue weighted by Gasteiger charge is 2.33. The van der Waals surface area contributed by atoms with Gasteiger partial charge in [-0.1, -0.05) is 24.3 Å². The topological polar surface area (TPSA) is 84.3 Å². The molecule has 0 spiro atoms. The Morgan fingerprint density at radius 1 is 1.09 bits per heavy atom. The molecule has 3 rings (SSSR count). The van der Waals surface area contributed by atoms with E-state index in [1.807, 2.05) is 0 Å². The Hall–Kier alpha value is -4.02. The minimum Gasteiger partial charge on any atom is -0.331 e. The summed E-state index contributed by atoms with van der Waals surface area (Å²) in [6.45, 7) is 0.851. The number of halogens is 4. The standard InChI is InChI=1S/C22H18F4N4O3/c1-13-11-18(31)20(28-30(13)17-10-6-4-8-15(17)23)21(33)29(2)12-19(32)27-16-9-5-3-7-14(16)22(24,25)26/h3-11H,12H2,1-2H3,(H,27,32). The Bertz CT molecular complexity index is 1270. The number of carbonyl (C=O) groups is 2. The number of aryl methyl sites for hydroxylation is 1. The number of carbonyl (C=O) groups excluding carboxylic acids is 2. The molecule has 2 amide bonds. The van der Waals surface area contributed by atoms with E-state index in [9.17, 15) is 31.9 Å². The molecule has 0 aliphatic heterocycles. The molecule has 33 heavy (non-hydrogen) atoms. The van der Waals surface area contributed by atoms with E-state index in [0.717, 1.165) is 27.8 Å². The summed E-state index contributed by atoms with van der Waals surface area (Å²) in [6, 6.07) is 11.1. The number of anilines is 1. The van der Waals surface area contributed by atoms with Gasteiger partial charge in [0.1, 0.15) is 11.5 Å². The number of hydrogen-bond acceptors (Lipinski definition) is 4. The second kappa shape index (κ2) is 9.23. The Kier molecular flexibility index (Phi) is 6.61. The van der Waals surface area contributed by atoms with Gasteiger partial charge in [0.05, 0.1) is 17.8 Å². The SMILES string of the molecule is Cc1cc(=O)c(C(=O)N(C)CC(=O)Nc2ccccc2C(F)(F)F)nn1-c1ccccc1F. The zero-order chi connectivity index (χ0) is 24.3. The summed E-state index contributed by atoms with van der Waals surface area (Å²) < 4.78 is 54.6. The van der Waals surface area contributed by atoms with E-state index in [0.29, 0.717) is 0 Å². The van der Waals surface area contributed by atoms with Crippen molar-refractivity contribution in [3.8, 4) is 5.69 Å². The van der Waals surface area contributed by atoms with Crippen molar-refractivity contribution in [2.24, 2.45) is 0 Å². The predicted molar refractivity (Wildman–Crippen MR) is 112 cm³/mol. The van der Waals surface area contributed by atoms with E-state index in [2.05, 4.69) is 10.4 Å². The number of hydrogen-bond donors (Lipinski definition) is 1. The number of likely N-dealkylation sites (N-methyl/N-ethyl adjacent to an activating group) is 1. The number of alkyl halides is 3. The third-order valence-corrected chi connectivity index (χ3v) is 4.62. The average molecular weight is 462 g/mol. The monoisotopic (exact) mass is 462 g/mol. The summed E-state index contributed by atoms with van der Waals surface area (Å²) in [4.78, 5) is 38.2. The lowest BCUT2D eigenvalue weighted by molar-refractivity contribution is -0.137. The first-order valence-electron chi connectivity index (χ1n) is 9.56. The fourth-order valence-electron chi connectivity index (χ4n) is 3.06. The van der Waals surface area contributed by atoms with Gasteiger partial charge in [0.15, 0.2) is 5.69 Å². The number of aromatic nitrogens is 2. The molecule has 0 saturated heterocycles. The van der Waals surface area contributed by atoms with Gasteiger partial charge in [-0.15, -0.1) is 0 Å². The van der Waals surface area contributed by atoms with Crippen LogP contribution in [0, 0.1) is 12.7 Å². The number of rotatable bonds is 5. The molecule has 1 N–H and O–H groups in total. The fourth-order valence-corrected chi connectivity index (χ4v) is 3.06. The van der Waals surface area contributed by atoms with Crippen LogP contribution < -0.4 is 10.7 Å². The fraction of sp³-hybridized carbons (Fsp3) is 0.182. The molecule has 0 unspecified atom stereocenters. The van der Waals surface area contributed by atoms with Crippen LogP contribution in [0.3, 0.4) is 0 Å². The van der Waals surface area contributed by atoms with Crippen molar-refractivity contribution in [2.45, 2.75) is 13.1 Å². The Morgan fingerprint density at radius 2 is 1.73 bits per heavy atom. The van der Waals surface area contributed by atoms with Crippen LogP contribution in [-0.4, -0.2) is 40.1 Å². The maximum Gasteiger partial charge on any atom is 0.418 e. The quantitative estimate of drug-likeness (QED) is 0.589. The van der Waals surface area contributed by atoms with Crippen LogP contribution in [0.2, 0.25) is 0 Å². The van der Waals surface area contributed by atoms with Crippen LogP contribution >= 0.6 is 0 Å². The van der Waals surface area contributed by atoms with E-state index in [1.165, 1.54) is 44.3 Å². The van der Waals surface area contributed by atoms with Crippen LogP contribution in [0.4, 0.5) is 23.2 Å². The first kappa shape index (κ1) is 23.6. The number of amides is 2. The molecule has 0 aliphatic rings. The van der Waals surface area contributed by atoms with Crippen molar-refractivity contribution in [3.63, 3.8) is 0 Å². The van der Waals surface area contributed by atoms with Gasteiger partial charge in [-0.25, -0.2) is 9.07 Å². The molecule has 0 aliphatic carbocycles. The van der Waals surface area contributed by atoms with E-state index in [1.54, 1.807) is 6.07 Å². The third kappa shape index (κ3) is 5.25. The van der Waals surface area contributed by atoms with Crippen molar-refractivity contribution in [2.75, 3.05) is 18.9 Å². The summed E-state index contributed by atoms with van der Waals surface area (Å²) in [5.74, 6) is -2.50. The van der Waals surface area contributed by atoms with Gasteiger partial charge >= 0.3 is 6.18 Å². The molecule has 0 bridgehead atoms. The molecule has 11 heteroatoms. The van der Waals surface area contributed by atoms with Crippen molar-refractivity contribution in [3.05, 3.63) is 87.6 Å². The lowest BCUT2D eigenvalue weighted by Gasteiger charge is -2.18. The maximum absolute atomic E-state index is 14.2. The maximum atomic E-state index is 14.2. The van der Waals surface area contributed by atoms with Crippen LogP contribution in [0.5, 0.6) is 0 Å². The molecular formula is C22H18F4N4O3.